The Kier molecular flexibility index (Phi) is 6.71. The molecule has 1 unspecified atom stereocenters. The molecule has 0 aliphatic heterocycles. The zero-order valence-corrected chi connectivity index (χ0v) is 15.4. The van der Waals surface area contributed by atoms with Crippen LogP contribution < -0.4 is 14.9 Å². The van der Waals surface area contributed by atoms with Crippen molar-refractivity contribution in [1.29, 1.82) is 0 Å². The van der Waals surface area contributed by atoms with E-state index in [9.17, 15) is 22.0 Å². The number of benzene rings is 2. The highest BCUT2D eigenvalue weighted by atomic mass is 35.5. The van der Waals surface area contributed by atoms with Crippen molar-refractivity contribution in [1.82, 2.24) is 10.2 Å². The highest BCUT2D eigenvalue weighted by Crippen LogP contribution is 2.30. The average Bonchev–Trinajstić information content (AvgIpc) is 2.63. The molecule has 0 bridgehead atoms. The Bertz CT molecular complexity index is 915. The lowest BCUT2D eigenvalue weighted by Gasteiger charge is -2.16. The lowest BCUT2D eigenvalue weighted by atomic mass is 10.2. The third kappa shape index (κ3) is 5.13. The van der Waals surface area contributed by atoms with Gasteiger partial charge in [0.15, 0.2) is 17.4 Å². The lowest BCUT2D eigenvalue weighted by Crippen LogP contribution is -2.45. The molecular formula is C16H15ClF2N2O5S. The van der Waals surface area contributed by atoms with Crippen molar-refractivity contribution in [3.8, 4) is 11.5 Å². The standard InChI is InChI=1S/C16H15ClF2N2O5S/c1-2-14(16(22)20-23)21-27(24,25)11-7-12(18)15(13(19)8-11)26-10-5-3-9(17)4-6-10/h3-8,14,21,23H,2H2,1H3,(H,20,22). The zero-order valence-electron chi connectivity index (χ0n) is 13.9. The fourth-order valence-electron chi connectivity index (χ4n) is 2.07. The molecule has 11 heteroatoms. The molecule has 0 aliphatic carbocycles. The minimum absolute atomic E-state index is 0.00561. The molecule has 0 fully saturated rings. The number of halogens is 3. The molecule has 3 N–H and O–H groups in total. The fourth-order valence-corrected chi connectivity index (χ4v) is 3.49. The summed E-state index contributed by atoms with van der Waals surface area (Å²) in [5.74, 6) is -4.23. The Balaban J connectivity index is 2.31. The Morgan fingerprint density at radius 1 is 1.22 bits per heavy atom. The van der Waals surface area contributed by atoms with E-state index in [0.717, 1.165) is 0 Å². The van der Waals surface area contributed by atoms with Gasteiger partial charge in [0, 0.05) is 5.02 Å². The average molecular weight is 421 g/mol. The van der Waals surface area contributed by atoms with E-state index in [1.807, 2.05) is 4.72 Å². The summed E-state index contributed by atoms with van der Waals surface area (Å²) < 4.78 is 60.1. The van der Waals surface area contributed by atoms with Crippen molar-refractivity contribution in [3.05, 3.63) is 53.1 Å². The summed E-state index contributed by atoms with van der Waals surface area (Å²) >= 11 is 5.71. The van der Waals surface area contributed by atoms with E-state index in [1.54, 1.807) is 0 Å². The van der Waals surface area contributed by atoms with Gasteiger partial charge in [0.05, 0.1) is 4.90 Å². The Hall–Kier alpha value is -2.27. The molecule has 1 amide bonds. The highest BCUT2D eigenvalue weighted by Gasteiger charge is 2.26. The van der Waals surface area contributed by atoms with Crippen LogP contribution in [0.1, 0.15) is 13.3 Å². The van der Waals surface area contributed by atoms with Gasteiger partial charge in [0.1, 0.15) is 11.8 Å². The number of sulfonamides is 1. The molecule has 0 saturated carbocycles. The second-order valence-electron chi connectivity index (χ2n) is 5.33. The van der Waals surface area contributed by atoms with Crippen molar-refractivity contribution < 1.29 is 31.9 Å². The largest absolute Gasteiger partial charge is 0.451 e. The van der Waals surface area contributed by atoms with Crippen molar-refractivity contribution in [2.75, 3.05) is 0 Å². The van der Waals surface area contributed by atoms with Gasteiger partial charge < -0.3 is 4.74 Å². The molecule has 27 heavy (non-hydrogen) atoms. The molecule has 0 aromatic heterocycles. The maximum atomic E-state index is 14.2. The normalized spacial score (nSPS) is 12.5. The van der Waals surface area contributed by atoms with Gasteiger partial charge in [0.2, 0.25) is 10.0 Å². The second-order valence-corrected chi connectivity index (χ2v) is 7.48. The first kappa shape index (κ1) is 21.0. The summed E-state index contributed by atoms with van der Waals surface area (Å²) in [6, 6.07) is 5.45. The summed E-state index contributed by atoms with van der Waals surface area (Å²) in [5, 5.41) is 9.00. The quantitative estimate of drug-likeness (QED) is 0.472. The van der Waals surface area contributed by atoms with Gasteiger partial charge in [-0.15, -0.1) is 0 Å². The molecule has 2 aromatic rings. The van der Waals surface area contributed by atoms with Crippen LogP contribution in [0.5, 0.6) is 11.5 Å². The molecule has 0 spiro atoms. The van der Waals surface area contributed by atoms with Gasteiger partial charge >= 0.3 is 0 Å². The molecule has 0 heterocycles. The number of carbonyl (C=O) groups is 1. The molecule has 2 rings (SSSR count). The summed E-state index contributed by atoms with van der Waals surface area (Å²) in [6.07, 6.45) is -0.00561. The second kappa shape index (κ2) is 8.61. The number of carbonyl (C=O) groups excluding carboxylic acids is 1. The first-order chi connectivity index (χ1) is 12.7. The van der Waals surface area contributed by atoms with Crippen molar-refractivity contribution in [2.24, 2.45) is 0 Å². The molecule has 0 radical (unpaired) electrons. The minimum atomic E-state index is -4.44. The molecule has 2 aromatic carbocycles. The summed E-state index contributed by atoms with van der Waals surface area (Å²) in [7, 11) is -4.44. The van der Waals surface area contributed by atoms with Crippen molar-refractivity contribution in [2.45, 2.75) is 24.3 Å². The highest BCUT2D eigenvalue weighted by molar-refractivity contribution is 7.89. The van der Waals surface area contributed by atoms with Gasteiger partial charge in [-0.25, -0.2) is 22.7 Å². The van der Waals surface area contributed by atoms with Gasteiger partial charge in [-0.1, -0.05) is 18.5 Å². The molecule has 1 atom stereocenters. The van der Waals surface area contributed by atoms with Gasteiger partial charge in [-0.2, -0.15) is 4.72 Å². The number of hydroxylamine groups is 1. The van der Waals surface area contributed by atoms with Crippen LogP contribution in [0.25, 0.3) is 0 Å². The van der Waals surface area contributed by atoms with Crippen molar-refractivity contribution >= 4 is 27.5 Å². The third-order valence-electron chi connectivity index (χ3n) is 3.45. The summed E-state index contributed by atoms with van der Waals surface area (Å²) in [4.78, 5) is 10.7. The topological polar surface area (TPSA) is 105 Å². The Morgan fingerprint density at radius 2 is 1.78 bits per heavy atom. The van der Waals surface area contributed by atoms with E-state index in [-0.39, 0.29) is 12.2 Å². The smallest absolute Gasteiger partial charge is 0.261 e. The first-order valence-corrected chi connectivity index (χ1v) is 9.42. The monoisotopic (exact) mass is 420 g/mol. The molecule has 0 saturated heterocycles. The first-order valence-electron chi connectivity index (χ1n) is 7.56. The fraction of sp³-hybridized carbons (Fsp3) is 0.188. The van der Waals surface area contributed by atoms with E-state index in [2.05, 4.69) is 0 Å². The molecule has 0 aliphatic rings. The van der Waals surface area contributed by atoms with Crippen LogP contribution >= 0.6 is 11.6 Å². The minimum Gasteiger partial charge on any atom is -0.451 e. The van der Waals surface area contributed by atoms with Gasteiger partial charge in [0.25, 0.3) is 5.91 Å². The predicted octanol–water partition coefficient (Wildman–Crippen LogP) is 2.97. The van der Waals surface area contributed by atoms with Crippen LogP contribution in [0.2, 0.25) is 5.02 Å². The predicted molar refractivity (Wildman–Crippen MR) is 92.2 cm³/mol. The number of amides is 1. The van der Waals surface area contributed by atoms with E-state index in [4.69, 9.17) is 21.5 Å². The number of hydrogen-bond donors (Lipinski definition) is 3. The van der Waals surface area contributed by atoms with Crippen LogP contribution in [-0.4, -0.2) is 25.6 Å². The molecular weight excluding hydrogens is 406 g/mol. The van der Waals surface area contributed by atoms with Crippen molar-refractivity contribution in [3.63, 3.8) is 0 Å². The number of nitrogens with one attached hydrogen (secondary N) is 2. The SMILES string of the molecule is CCC(NS(=O)(=O)c1cc(F)c(Oc2ccc(Cl)cc2)c(F)c1)C(=O)NO. The van der Waals surface area contributed by atoms with E-state index < -0.39 is 44.3 Å². The van der Waals surface area contributed by atoms with Gasteiger partial charge in [-0.05, 0) is 42.8 Å². The van der Waals surface area contributed by atoms with Crippen LogP contribution in [0, 0.1) is 11.6 Å². The van der Waals surface area contributed by atoms with E-state index in [1.165, 1.54) is 36.7 Å². The maximum absolute atomic E-state index is 14.2. The van der Waals surface area contributed by atoms with E-state index in [0.29, 0.717) is 17.2 Å². The zero-order chi connectivity index (χ0) is 20.2. The third-order valence-corrected chi connectivity index (χ3v) is 5.15. The Morgan fingerprint density at radius 3 is 2.26 bits per heavy atom. The molecule has 7 nitrogen and oxygen atoms in total. The number of rotatable bonds is 7. The van der Waals surface area contributed by atoms with Crippen LogP contribution in [0.4, 0.5) is 8.78 Å². The maximum Gasteiger partial charge on any atom is 0.261 e. The van der Waals surface area contributed by atoms with E-state index >= 15 is 0 Å². The number of ether oxygens (including phenoxy) is 1. The van der Waals surface area contributed by atoms with Gasteiger partial charge in [-0.3, -0.25) is 10.0 Å². The summed E-state index contributed by atoms with van der Waals surface area (Å²) in [5.41, 5.74) is 1.31. The lowest BCUT2D eigenvalue weighted by molar-refractivity contribution is -0.131. The van der Waals surface area contributed by atoms with Crippen LogP contribution in [-0.2, 0) is 14.8 Å². The molecule has 146 valence electrons. The number of hydrogen-bond acceptors (Lipinski definition) is 5. The summed E-state index contributed by atoms with van der Waals surface area (Å²) in [6.45, 7) is 1.48. The Labute approximate surface area is 158 Å². The van der Waals surface area contributed by atoms with Crippen LogP contribution in [0.3, 0.4) is 0 Å². The van der Waals surface area contributed by atoms with Crippen LogP contribution in [0.15, 0.2) is 41.3 Å².